The van der Waals surface area contributed by atoms with Crippen molar-refractivity contribution in [1.82, 2.24) is 9.29 Å². The number of carbonyl (C=O) groups is 2. The summed E-state index contributed by atoms with van der Waals surface area (Å²) in [7, 11) is -3.99. The fourth-order valence-electron chi connectivity index (χ4n) is 3.91. The lowest BCUT2D eigenvalue weighted by Gasteiger charge is -2.31. The van der Waals surface area contributed by atoms with Crippen molar-refractivity contribution in [3.05, 3.63) is 46.8 Å². The molecule has 8 nitrogen and oxygen atoms in total. The van der Waals surface area contributed by atoms with Gasteiger partial charge in [-0.1, -0.05) is 17.7 Å². The number of anilines is 1. The third-order valence-electron chi connectivity index (χ3n) is 5.47. The molecule has 1 aliphatic rings. The number of H-pyrrole nitrogens is 1. The van der Waals surface area contributed by atoms with Crippen molar-refractivity contribution in [2.45, 2.75) is 45.4 Å². The number of aromatic amines is 1. The summed E-state index contributed by atoms with van der Waals surface area (Å²) in [6.45, 7) is 7.40. The number of carbonyl (C=O) groups excluding carboxylic acids is 2. The first-order chi connectivity index (χ1) is 14.6. The van der Waals surface area contributed by atoms with Gasteiger partial charge in [0.15, 0.2) is 0 Å². The molecule has 0 radical (unpaired) electrons. The summed E-state index contributed by atoms with van der Waals surface area (Å²) in [5, 5.41) is 2.87. The first kappa shape index (κ1) is 23.0. The number of nitrogens with one attached hydrogen (secondary N) is 2. The topological polar surface area (TPSA) is 109 Å². The lowest BCUT2D eigenvalue weighted by molar-refractivity contribution is -0.120. The molecule has 2 aromatic rings. The van der Waals surface area contributed by atoms with Crippen LogP contribution in [0.3, 0.4) is 0 Å². The van der Waals surface area contributed by atoms with Crippen molar-refractivity contribution < 1.29 is 22.7 Å². The van der Waals surface area contributed by atoms with Gasteiger partial charge in [0.1, 0.15) is 10.5 Å². The van der Waals surface area contributed by atoms with Crippen molar-refractivity contribution in [2.24, 2.45) is 5.92 Å². The van der Waals surface area contributed by atoms with Gasteiger partial charge in [-0.05, 0) is 52.7 Å². The van der Waals surface area contributed by atoms with E-state index in [1.165, 1.54) is 4.31 Å². The van der Waals surface area contributed by atoms with E-state index < -0.39 is 21.9 Å². The highest BCUT2D eigenvalue weighted by molar-refractivity contribution is 7.89. The maximum atomic E-state index is 13.5. The Bertz CT molecular complexity index is 1070. The molecule has 2 heterocycles. The molecular formula is C22H29N3O5S. The van der Waals surface area contributed by atoms with Crippen LogP contribution in [0.2, 0.25) is 0 Å². The molecule has 0 unspecified atom stereocenters. The third kappa shape index (κ3) is 4.83. The molecule has 0 bridgehead atoms. The Morgan fingerprint density at radius 3 is 2.48 bits per heavy atom. The number of aryl methyl sites for hydroxylation is 3. The molecule has 1 fully saturated rings. The summed E-state index contributed by atoms with van der Waals surface area (Å²) in [6, 6.07) is 7.45. The Morgan fingerprint density at radius 1 is 1.16 bits per heavy atom. The summed E-state index contributed by atoms with van der Waals surface area (Å²) >= 11 is 0. The van der Waals surface area contributed by atoms with Crippen LogP contribution in [0.15, 0.2) is 29.2 Å². The predicted molar refractivity (Wildman–Crippen MR) is 118 cm³/mol. The van der Waals surface area contributed by atoms with Gasteiger partial charge in [-0.15, -0.1) is 0 Å². The minimum atomic E-state index is -3.99. The number of rotatable bonds is 6. The highest BCUT2D eigenvalue weighted by Crippen LogP contribution is 2.31. The maximum Gasteiger partial charge on any atom is 0.341 e. The largest absolute Gasteiger partial charge is 0.462 e. The molecule has 1 saturated heterocycles. The molecule has 0 aliphatic carbocycles. The Hall–Kier alpha value is -2.65. The number of esters is 1. The molecule has 1 aromatic heterocycles. The van der Waals surface area contributed by atoms with Crippen LogP contribution in [-0.4, -0.2) is 49.3 Å². The van der Waals surface area contributed by atoms with Crippen LogP contribution in [0, 0.1) is 26.7 Å². The molecule has 2 N–H and O–H groups in total. The van der Waals surface area contributed by atoms with Crippen LogP contribution in [0.25, 0.3) is 0 Å². The lowest BCUT2D eigenvalue weighted by Crippen LogP contribution is -2.44. The van der Waals surface area contributed by atoms with Gasteiger partial charge >= 0.3 is 5.97 Å². The van der Waals surface area contributed by atoms with Crippen molar-refractivity contribution >= 4 is 27.6 Å². The first-order valence-electron chi connectivity index (χ1n) is 10.4. The molecule has 0 saturated carbocycles. The van der Waals surface area contributed by atoms with Gasteiger partial charge in [0.05, 0.1) is 12.5 Å². The molecule has 31 heavy (non-hydrogen) atoms. The van der Waals surface area contributed by atoms with Gasteiger partial charge in [0, 0.05) is 30.2 Å². The molecule has 3 rings (SSSR count). The maximum absolute atomic E-state index is 13.5. The normalized spacial score (nSPS) is 17.4. The van der Waals surface area contributed by atoms with Gasteiger partial charge in [0.25, 0.3) is 0 Å². The zero-order chi connectivity index (χ0) is 22.8. The highest BCUT2D eigenvalue weighted by Gasteiger charge is 2.38. The summed E-state index contributed by atoms with van der Waals surface area (Å²) in [5.41, 5.74) is 2.62. The van der Waals surface area contributed by atoms with E-state index in [4.69, 9.17) is 4.74 Å². The summed E-state index contributed by atoms with van der Waals surface area (Å²) in [5.74, 6) is -1.36. The lowest BCUT2D eigenvalue weighted by atomic mass is 9.98. The molecule has 1 atom stereocenters. The number of sulfonamides is 1. The van der Waals surface area contributed by atoms with E-state index in [9.17, 15) is 18.0 Å². The number of amides is 1. The van der Waals surface area contributed by atoms with Crippen molar-refractivity contribution in [2.75, 3.05) is 25.0 Å². The van der Waals surface area contributed by atoms with E-state index in [-0.39, 0.29) is 29.5 Å². The summed E-state index contributed by atoms with van der Waals surface area (Å²) in [4.78, 5) is 28.1. The smallest absolute Gasteiger partial charge is 0.341 e. The van der Waals surface area contributed by atoms with E-state index in [0.717, 1.165) is 5.56 Å². The Morgan fingerprint density at radius 2 is 1.84 bits per heavy atom. The standard InChI is InChI=1S/C22H29N3O5S/c1-5-30-22(27)19-15(3)23-16(4)20(19)31(28,29)25-12-6-7-17(13-25)21(26)24-18-10-8-14(2)9-11-18/h8-11,17,23H,5-7,12-13H2,1-4H3,(H,24,26)/t17-/m1/s1. The van der Waals surface area contributed by atoms with Crippen LogP contribution in [-0.2, 0) is 19.6 Å². The van der Waals surface area contributed by atoms with Gasteiger partial charge in [-0.3, -0.25) is 4.79 Å². The monoisotopic (exact) mass is 447 g/mol. The van der Waals surface area contributed by atoms with Gasteiger partial charge in [-0.25, -0.2) is 13.2 Å². The zero-order valence-electron chi connectivity index (χ0n) is 18.3. The molecule has 1 aliphatic heterocycles. The second kappa shape index (κ2) is 9.23. The van der Waals surface area contributed by atoms with Crippen molar-refractivity contribution in [3.63, 3.8) is 0 Å². The number of hydrogen-bond acceptors (Lipinski definition) is 5. The van der Waals surface area contributed by atoms with Gasteiger partial charge < -0.3 is 15.0 Å². The highest BCUT2D eigenvalue weighted by atomic mass is 32.2. The SMILES string of the molecule is CCOC(=O)c1c(C)[nH]c(C)c1S(=O)(=O)N1CCC[C@@H](C(=O)Nc2ccc(C)cc2)C1. The molecule has 168 valence electrons. The molecule has 0 spiro atoms. The summed E-state index contributed by atoms with van der Waals surface area (Å²) in [6.07, 6.45) is 1.15. The number of nitrogens with zero attached hydrogens (tertiary/aromatic N) is 1. The van der Waals surface area contributed by atoms with E-state index in [0.29, 0.717) is 36.5 Å². The minimum absolute atomic E-state index is 0.0329. The quantitative estimate of drug-likeness (QED) is 0.661. The third-order valence-corrected chi connectivity index (χ3v) is 7.51. The fraction of sp³-hybridized carbons (Fsp3) is 0.455. The summed E-state index contributed by atoms with van der Waals surface area (Å²) < 4.78 is 33.3. The average Bonchev–Trinajstić information content (AvgIpc) is 3.04. The van der Waals surface area contributed by atoms with Crippen LogP contribution >= 0.6 is 0 Å². The first-order valence-corrected chi connectivity index (χ1v) is 11.8. The molecule has 1 amide bonds. The number of aromatic nitrogens is 1. The number of piperidine rings is 1. The molecule has 1 aromatic carbocycles. The van der Waals surface area contributed by atoms with Crippen LogP contribution < -0.4 is 5.32 Å². The minimum Gasteiger partial charge on any atom is -0.462 e. The average molecular weight is 448 g/mol. The van der Waals surface area contributed by atoms with Crippen LogP contribution in [0.5, 0.6) is 0 Å². The Kier molecular flexibility index (Phi) is 6.86. The van der Waals surface area contributed by atoms with Crippen LogP contribution in [0.1, 0.15) is 47.1 Å². The van der Waals surface area contributed by atoms with Crippen molar-refractivity contribution in [1.29, 1.82) is 0 Å². The van der Waals surface area contributed by atoms with Gasteiger partial charge in [-0.2, -0.15) is 4.31 Å². The fourth-order valence-corrected chi connectivity index (χ4v) is 5.85. The Labute approximate surface area is 183 Å². The second-order valence-corrected chi connectivity index (χ2v) is 9.73. The van der Waals surface area contributed by atoms with Gasteiger partial charge in [0.2, 0.25) is 15.9 Å². The van der Waals surface area contributed by atoms with E-state index in [1.807, 2.05) is 31.2 Å². The number of hydrogen-bond donors (Lipinski definition) is 2. The predicted octanol–water partition coefficient (Wildman–Crippen LogP) is 3.16. The zero-order valence-corrected chi connectivity index (χ0v) is 19.1. The number of ether oxygens (including phenoxy) is 1. The Balaban J connectivity index is 1.83. The van der Waals surface area contributed by atoms with Crippen LogP contribution in [0.4, 0.5) is 5.69 Å². The second-order valence-electron chi connectivity index (χ2n) is 7.86. The number of benzene rings is 1. The van der Waals surface area contributed by atoms with E-state index in [1.54, 1.807) is 20.8 Å². The molecular weight excluding hydrogens is 418 g/mol. The van der Waals surface area contributed by atoms with E-state index in [2.05, 4.69) is 10.3 Å². The van der Waals surface area contributed by atoms with E-state index >= 15 is 0 Å². The van der Waals surface area contributed by atoms with Crippen molar-refractivity contribution in [3.8, 4) is 0 Å². The molecule has 9 heteroatoms.